The van der Waals surface area contributed by atoms with Gasteiger partial charge in [0.1, 0.15) is 5.69 Å². The van der Waals surface area contributed by atoms with Crippen molar-refractivity contribution in [1.29, 1.82) is 0 Å². The molecule has 3 heterocycles. The van der Waals surface area contributed by atoms with Gasteiger partial charge in [-0.3, -0.25) is 14.5 Å². The molecule has 2 aromatic heterocycles. The highest BCUT2D eigenvalue weighted by molar-refractivity contribution is 7.15. The third-order valence-electron chi connectivity index (χ3n) is 4.78. The van der Waals surface area contributed by atoms with E-state index in [-0.39, 0.29) is 17.9 Å². The van der Waals surface area contributed by atoms with E-state index in [0.29, 0.717) is 44.2 Å². The standard InChI is InChI=1S/C19H26N4O3S/c1-4-13(2)20-16(24)12-22-7-9-23(10-8-22)19(25)17-14(3)27-18(21-17)15-6-5-11-26-15/h5-6,11,13H,4,7-10,12H2,1-3H3,(H,20,24). The van der Waals surface area contributed by atoms with Crippen LogP contribution in [-0.2, 0) is 4.79 Å². The Labute approximate surface area is 163 Å². The summed E-state index contributed by atoms with van der Waals surface area (Å²) in [5.74, 6) is 0.673. The maximum absolute atomic E-state index is 12.9. The van der Waals surface area contributed by atoms with Gasteiger partial charge in [0.2, 0.25) is 5.91 Å². The first-order valence-electron chi connectivity index (χ1n) is 9.30. The van der Waals surface area contributed by atoms with Gasteiger partial charge in [-0.15, -0.1) is 11.3 Å². The second kappa shape index (κ2) is 8.67. The molecule has 8 heteroatoms. The van der Waals surface area contributed by atoms with Gasteiger partial charge in [0, 0.05) is 37.1 Å². The van der Waals surface area contributed by atoms with Crippen molar-refractivity contribution < 1.29 is 14.0 Å². The van der Waals surface area contributed by atoms with Crippen LogP contribution in [0, 0.1) is 6.92 Å². The summed E-state index contributed by atoms with van der Waals surface area (Å²) in [5, 5.41) is 3.70. The summed E-state index contributed by atoms with van der Waals surface area (Å²) in [6, 6.07) is 3.84. The van der Waals surface area contributed by atoms with Gasteiger partial charge >= 0.3 is 0 Å². The number of amides is 2. The fourth-order valence-electron chi connectivity index (χ4n) is 2.98. The van der Waals surface area contributed by atoms with Gasteiger partial charge in [0.15, 0.2) is 10.8 Å². The maximum Gasteiger partial charge on any atom is 0.273 e. The van der Waals surface area contributed by atoms with Gasteiger partial charge in [0.05, 0.1) is 12.8 Å². The normalized spacial score (nSPS) is 16.3. The Morgan fingerprint density at radius 2 is 2.07 bits per heavy atom. The number of carbonyl (C=O) groups is 2. The average molecular weight is 391 g/mol. The highest BCUT2D eigenvalue weighted by atomic mass is 32.1. The number of furan rings is 1. The molecule has 0 aliphatic carbocycles. The molecular weight excluding hydrogens is 364 g/mol. The maximum atomic E-state index is 12.9. The van der Waals surface area contributed by atoms with Gasteiger partial charge < -0.3 is 14.6 Å². The topological polar surface area (TPSA) is 78.7 Å². The average Bonchev–Trinajstić information content (AvgIpc) is 3.31. The van der Waals surface area contributed by atoms with Gasteiger partial charge in [-0.05, 0) is 32.4 Å². The Morgan fingerprint density at radius 1 is 1.33 bits per heavy atom. The van der Waals surface area contributed by atoms with E-state index in [2.05, 4.69) is 15.2 Å². The highest BCUT2D eigenvalue weighted by Crippen LogP contribution is 2.28. The quantitative estimate of drug-likeness (QED) is 0.819. The minimum Gasteiger partial charge on any atom is -0.462 e. The van der Waals surface area contributed by atoms with Crippen molar-refractivity contribution in [3.8, 4) is 10.8 Å². The predicted molar refractivity (Wildman–Crippen MR) is 105 cm³/mol. The molecule has 1 N–H and O–H groups in total. The van der Waals surface area contributed by atoms with Crippen LogP contribution in [0.1, 0.15) is 35.6 Å². The molecule has 0 radical (unpaired) electrons. The van der Waals surface area contributed by atoms with E-state index < -0.39 is 0 Å². The number of rotatable bonds is 6. The summed E-state index contributed by atoms with van der Waals surface area (Å²) in [4.78, 5) is 34.2. The van der Waals surface area contributed by atoms with Crippen molar-refractivity contribution >= 4 is 23.2 Å². The van der Waals surface area contributed by atoms with Crippen molar-refractivity contribution in [3.05, 3.63) is 29.0 Å². The number of hydrogen-bond acceptors (Lipinski definition) is 6. The number of nitrogens with one attached hydrogen (secondary N) is 1. The van der Waals surface area contributed by atoms with E-state index >= 15 is 0 Å². The van der Waals surface area contributed by atoms with Crippen LogP contribution < -0.4 is 5.32 Å². The van der Waals surface area contributed by atoms with Crippen LogP contribution in [0.15, 0.2) is 22.8 Å². The lowest BCUT2D eigenvalue weighted by atomic mass is 10.2. The monoisotopic (exact) mass is 390 g/mol. The molecule has 1 saturated heterocycles. The number of piperazine rings is 1. The first-order chi connectivity index (χ1) is 13.0. The molecular formula is C19H26N4O3S. The number of carbonyl (C=O) groups excluding carboxylic acids is 2. The highest BCUT2D eigenvalue weighted by Gasteiger charge is 2.27. The van der Waals surface area contributed by atoms with E-state index in [4.69, 9.17) is 4.42 Å². The van der Waals surface area contributed by atoms with Crippen molar-refractivity contribution in [1.82, 2.24) is 20.1 Å². The molecule has 1 atom stereocenters. The zero-order valence-electron chi connectivity index (χ0n) is 16.0. The van der Waals surface area contributed by atoms with Crippen molar-refractivity contribution in [2.75, 3.05) is 32.7 Å². The fraction of sp³-hybridized carbons (Fsp3) is 0.526. The summed E-state index contributed by atoms with van der Waals surface area (Å²) in [6.07, 6.45) is 2.52. The summed E-state index contributed by atoms with van der Waals surface area (Å²) < 4.78 is 5.38. The van der Waals surface area contributed by atoms with Crippen molar-refractivity contribution in [2.24, 2.45) is 0 Å². The van der Waals surface area contributed by atoms with E-state index in [1.807, 2.05) is 37.8 Å². The van der Waals surface area contributed by atoms with Crippen LogP contribution in [0.3, 0.4) is 0 Å². The van der Waals surface area contributed by atoms with Crippen molar-refractivity contribution in [3.63, 3.8) is 0 Å². The fourth-order valence-corrected chi connectivity index (χ4v) is 3.86. The molecule has 7 nitrogen and oxygen atoms in total. The van der Waals surface area contributed by atoms with Gasteiger partial charge in [-0.1, -0.05) is 6.92 Å². The smallest absolute Gasteiger partial charge is 0.273 e. The second-order valence-corrected chi connectivity index (χ2v) is 8.05. The molecule has 1 aliphatic rings. The summed E-state index contributed by atoms with van der Waals surface area (Å²) in [7, 11) is 0. The lowest BCUT2D eigenvalue weighted by Gasteiger charge is -2.34. The number of thiazole rings is 1. The number of nitrogens with zero attached hydrogens (tertiary/aromatic N) is 3. The number of aryl methyl sites for hydroxylation is 1. The molecule has 3 rings (SSSR count). The minimum absolute atomic E-state index is 0.0440. The molecule has 27 heavy (non-hydrogen) atoms. The summed E-state index contributed by atoms with van der Waals surface area (Å²) in [6.45, 7) is 8.92. The molecule has 1 aliphatic heterocycles. The third-order valence-corrected chi connectivity index (χ3v) is 5.76. The Balaban J connectivity index is 1.55. The largest absolute Gasteiger partial charge is 0.462 e. The Morgan fingerprint density at radius 3 is 2.70 bits per heavy atom. The predicted octanol–water partition coefficient (Wildman–Crippen LogP) is 2.38. The van der Waals surface area contributed by atoms with Gasteiger partial charge in [-0.25, -0.2) is 4.98 Å². The van der Waals surface area contributed by atoms with Gasteiger partial charge in [-0.2, -0.15) is 0 Å². The van der Waals surface area contributed by atoms with E-state index in [1.54, 1.807) is 6.26 Å². The van der Waals surface area contributed by atoms with E-state index in [0.717, 1.165) is 16.3 Å². The zero-order chi connectivity index (χ0) is 19.4. The summed E-state index contributed by atoms with van der Waals surface area (Å²) >= 11 is 1.47. The van der Waals surface area contributed by atoms with Crippen LogP contribution >= 0.6 is 11.3 Å². The van der Waals surface area contributed by atoms with Crippen LogP contribution in [0.25, 0.3) is 10.8 Å². The second-order valence-electron chi connectivity index (χ2n) is 6.85. The Bertz CT molecular complexity index is 779. The third kappa shape index (κ3) is 4.75. The molecule has 1 fully saturated rings. The first-order valence-corrected chi connectivity index (χ1v) is 10.1. The molecule has 2 amide bonds. The Hall–Kier alpha value is -2.19. The van der Waals surface area contributed by atoms with E-state index in [1.165, 1.54) is 11.3 Å². The minimum atomic E-state index is -0.0507. The Kier molecular flexibility index (Phi) is 6.28. The SMILES string of the molecule is CCC(C)NC(=O)CN1CCN(C(=O)c2nc(-c3ccco3)sc2C)CC1. The van der Waals surface area contributed by atoms with Crippen LogP contribution in [0.5, 0.6) is 0 Å². The van der Waals surface area contributed by atoms with Crippen LogP contribution in [0.4, 0.5) is 0 Å². The zero-order valence-corrected chi connectivity index (χ0v) is 16.8. The first kappa shape index (κ1) is 19.6. The molecule has 2 aromatic rings. The molecule has 0 aromatic carbocycles. The molecule has 146 valence electrons. The van der Waals surface area contributed by atoms with Gasteiger partial charge in [0.25, 0.3) is 5.91 Å². The lowest BCUT2D eigenvalue weighted by Crippen LogP contribution is -2.51. The van der Waals surface area contributed by atoms with Crippen LogP contribution in [-0.4, -0.2) is 65.4 Å². The molecule has 1 unspecified atom stereocenters. The van der Waals surface area contributed by atoms with E-state index in [9.17, 15) is 9.59 Å². The molecule has 0 spiro atoms. The van der Waals surface area contributed by atoms with Crippen molar-refractivity contribution in [2.45, 2.75) is 33.2 Å². The molecule has 0 saturated carbocycles. The molecule has 0 bridgehead atoms. The summed E-state index contributed by atoms with van der Waals surface area (Å²) in [5.41, 5.74) is 0.495. The number of hydrogen-bond donors (Lipinski definition) is 1. The number of aromatic nitrogens is 1. The van der Waals surface area contributed by atoms with Crippen LogP contribution in [0.2, 0.25) is 0 Å². The lowest BCUT2D eigenvalue weighted by molar-refractivity contribution is -0.123.